The van der Waals surface area contributed by atoms with Crippen LogP contribution in [0, 0.1) is 0 Å². The fourth-order valence-corrected chi connectivity index (χ4v) is 4.51. The molecule has 10 heteroatoms. The summed E-state index contributed by atoms with van der Waals surface area (Å²) in [5.41, 5.74) is 0. The van der Waals surface area contributed by atoms with E-state index in [2.05, 4.69) is 0 Å². The topological polar surface area (TPSA) is 134 Å². The van der Waals surface area contributed by atoms with Crippen LogP contribution in [0.2, 0.25) is 0 Å². The molecule has 34 heavy (non-hydrogen) atoms. The Bertz CT molecular complexity index is 1030. The number of ether oxygens (including phenoxy) is 2. The van der Waals surface area contributed by atoms with Crippen LogP contribution >= 0.6 is 0 Å². The average Bonchev–Trinajstić information content (AvgIpc) is 3.51. The number of likely N-dealkylation sites (tertiary alicyclic amines) is 2. The van der Waals surface area contributed by atoms with Gasteiger partial charge < -0.3 is 29.5 Å². The van der Waals surface area contributed by atoms with Gasteiger partial charge in [0.25, 0.3) is 11.8 Å². The molecular formula is C24H26N2O8. The van der Waals surface area contributed by atoms with Gasteiger partial charge in [-0.2, -0.15) is 0 Å². The van der Waals surface area contributed by atoms with Gasteiger partial charge in [-0.1, -0.05) is 24.3 Å². The van der Waals surface area contributed by atoms with Crippen molar-refractivity contribution >= 4 is 34.5 Å². The standard InChI is InChI=1S/C24H26N2O8/c27-21(25-9-3-7-17(25)23(29)30)13-33-19-11-15-5-1-2-6-16(15)12-20(19)34-14-22(28)26-10-4-8-18(26)24(31)32/h1-2,5-6,11-12,17-18H,3-4,7-10,13-14H2,(H,29,30)(H,31,32)/t17-,18-/m1/s1. The van der Waals surface area contributed by atoms with Crippen LogP contribution in [0.15, 0.2) is 36.4 Å². The van der Waals surface area contributed by atoms with E-state index in [4.69, 9.17) is 9.47 Å². The minimum Gasteiger partial charge on any atom is -0.480 e. The van der Waals surface area contributed by atoms with Crippen molar-refractivity contribution in [2.45, 2.75) is 37.8 Å². The van der Waals surface area contributed by atoms with Gasteiger partial charge in [0.2, 0.25) is 0 Å². The molecule has 180 valence electrons. The van der Waals surface area contributed by atoms with Crippen LogP contribution in [0.1, 0.15) is 25.7 Å². The van der Waals surface area contributed by atoms with Crippen LogP contribution in [0.3, 0.4) is 0 Å². The number of hydrogen-bond donors (Lipinski definition) is 2. The molecular weight excluding hydrogens is 444 g/mol. The Morgan fingerprint density at radius 2 is 1.18 bits per heavy atom. The smallest absolute Gasteiger partial charge is 0.326 e. The molecule has 0 radical (unpaired) electrons. The largest absolute Gasteiger partial charge is 0.480 e. The van der Waals surface area contributed by atoms with Gasteiger partial charge in [0.05, 0.1) is 0 Å². The van der Waals surface area contributed by atoms with Crippen molar-refractivity contribution in [2.75, 3.05) is 26.3 Å². The summed E-state index contributed by atoms with van der Waals surface area (Å²) in [5.74, 6) is -2.49. The van der Waals surface area contributed by atoms with E-state index in [1.807, 2.05) is 24.3 Å². The molecule has 0 aromatic heterocycles. The SMILES string of the molecule is O=C(O)[C@H]1CCCN1C(=O)COc1cc2ccccc2cc1OCC(=O)N1CCC[C@@H]1C(=O)O. The lowest BCUT2D eigenvalue weighted by Gasteiger charge is -2.23. The highest BCUT2D eigenvalue weighted by Crippen LogP contribution is 2.33. The highest BCUT2D eigenvalue weighted by atomic mass is 16.5. The maximum Gasteiger partial charge on any atom is 0.326 e. The summed E-state index contributed by atoms with van der Waals surface area (Å²) in [6, 6.07) is 9.09. The third-order valence-corrected chi connectivity index (χ3v) is 6.23. The van der Waals surface area contributed by atoms with Crippen molar-refractivity contribution in [1.29, 1.82) is 0 Å². The molecule has 2 fully saturated rings. The second-order valence-corrected chi connectivity index (χ2v) is 8.39. The maximum atomic E-state index is 12.6. The number of aliphatic carboxylic acids is 2. The van der Waals surface area contributed by atoms with Gasteiger partial charge in [0.15, 0.2) is 24.7 Å². The number of rotatable bonds is 8. The zero-order valence-corrected chi connectivity index (χ0v) is 18.5. The van der Waals surface area contributed by atoms with Crippen molar-refractivity contribution in [3.8, 4) is 11.5 Å². The summed E-state index contributed by atoms with van der Waals surface area (Å²) in [6.45, 7) is -0.0378. The van der Waals surface area contributed by atoms with E-state index in [0.29, 0.717) is 38.8 Å². The third kappa shape index (κ3) is 4.90. The Morgan fingerprint density at radius 3 is 1.56 bits per heavy atom. The molecule has 0 spiro atoms. The lowest BCUT2D eigenvalue weighted by atomic mass is 10.1. The quantitative estimate of drug-likeness (QED) is 0.596. The van der Waals surface area contributed by atoms with E-state index in [-0.39, 0.29) is 24.7 Å². The number of fused-ring (bicyclic) bond motifs is 1. The summed E-state index contributed by atoms with van der Waals surface area (Å²) < 4.78 is 11.5. The number of carbonyl (C=O) groups excluding carboxylic acids is 2. The van der Waals surface area contributed by atoms with E-state index in [1.54, 1.807) is 12.1 Å². The highest BCUT2D eigenvalue weighted by molar-refractivity contribution is 5.88. The molecule has 0 aliphatic carbocycles. The molecule has 2 aromatic rings. The summed E-state index contributed by atoms with van der Waals surface area (Å²) in [6.07, 6.45) is 2.04. The molecule has 2 heterocycles. The van der Waals surface area contributed by atoms with Crippen LogP contribution in [0.5, 0.6) is 11.5 Å². The van der Waals surface area contributed by atoms with Gasteiger partial charge in [-0.3, -0.25) is 9.59 Å². The Labute approximate surface area is 195 Å². The van der Waals surface area contributed by atoms with Crippen LogP contribution in [0.25, 0.3) is 10.8 Å². The number of nitrogens with zero attached hydrogens (tertiary/aromatic N) is 2. The fourth-order valence-electron chi connectivity index (χ4n) is 4.51. The van der Waals surface area contributed by atoms with Crippen molar-refractivity contribution < 1.29 is 38.9 Å². The number of carboxylic acid groups (broad SMARTS) is 2. The molecule has 2 aromatic carbocycles. The lowest BCUT2D eigenvalue weighted by molar-refractivity contribution is -0.149. The average molecular weight is 470 g/mol. The zero-order chi connectivity index (χ0) is 24.2. The van der Waals surface area contributed by atoms with Gasteiger partial charge in [0.1, 0.15) is 12.1 Å². The summed E-state index contributed by atoms with van der Waals surface area (Å²) in [4.78, 5) is 50.6. The first-order chi connectivity index (χ1) is 16.3. The molecule has 4 rings (SSSR count). The Morgan fingerprint density at radius 1 is 0.765 bits per heavy atom. The van der Waals surface area contributed by atoms with Crippen LogP contribution in [-0.4, -0.2) is 82.2 Å². The molecule has 2 saturated heterocycles. The summed E-state index contributed by atoms with van der Waals surface area (Å²) in [7, 11) is 0. The van der Waals surface area contributed by atoms with E-state index in [9.17, 15) is 29.4 Å². The molecule has 10 nitrogen and oxygen atoms in total. The molecule has 2 amide bonds. The molecule has 2 aliphatic heterocycles. The number of amides is 2. The second kappa shape index (κ2) is 9.98. The number of benzene rings is 2. The second-order valence-electron chi connectivity index (χ2n) is 8.39. The number of carboxylic acids is 2. The highest BCUT2D eigenvalue weighted by Gasteiger charge is 2.35. The number of carbonyl (C=O) groups is 4. The summed E-state index contributed by atoms with van der Waals surface area (Å²) in [5, 5.41) is 20.3. The van der Waals surface area contributed by atoms with Crippen LogP contribution < -0.4 is 9.47 Å². The van der Waals surface area contributed by atoms with Crippen LogP contribution in [-0.2, 0) is 19.2 Å². The van der Waals surface area contributed by atoms with Gasteiger partial charge in [-0.05, 0) is 48.6 Å². The normalized spacial score (nSPS) is 19.9. The van der Waals surface area contributed by atoms with Gasteiger partial charge in [-0.25, -0.2) is 9.59 Å². The van der Waals surface area contributed by atoms with E-state index >= 15 is 0 Å². The van der Waals surface area contributed by atoms with E-state index < -0.39 is 35.8 Å². The molecule has 0 saturated carbocycles. The van der Waals surface area contributed by atoms with Crippen molar-refractivity contribution in [3.05, 3.63) is 36.4 Å². The fraction of sp³-hybridized carbons (Fsp3) is 0.417. The van der Waals surface area contributed by atoms with E-state index in [1.165, 1.54) is 9.80 Å². The van der Waals surface area contributed by atoms with E-state index in [0.717, 1.165) is 10.8 Å². The lowest BCUT2D eigenvalue weighted by Crippen LogP contribution is -2.43. The predicted octanol–water partition coefficient (Wildman–Crippen LogP) is 1.75. The molecule has 0 bridgehead atoms. The molecule has 2 N–H and O–H groups in total. The van der Waals surface area contributed by atoms with Crippen LogP contribution in [0.4, 0.5) is 0 Å². The zero-order valence-electron chi connectivity index (χ0n) is 18.5. The molecule has 2 atom stereocenters. The third-order valence-electron chi connectivity index (χ3n) is 6.23. The number of hydrogen-bond acceptors (Lipinski definition) is 6. The predicted molar refractivity (Wildman–Crippen MR) is 120 cm³/mol. The maximum absolute atomic E-state index is 12.6. The first-order valence-electron chi connectivity index (χ1n) is 11.2. The molecule has 2 aliphatic rings. The monoisotopic (exact) mass is 470 g/mol. The summed E-state index contributed by atoms with van der Waals surface area (Å²) >= 11 is 0. The van der Waals surface area contributed by atoms with Crippen molar-refractivity contribution in [3.63, 3.8) is 0 Å². The first-order valence-corrected chi connectivity index (χ1v) is 11.2. The Kier molecular flexibility index (Phi) is 6.85. The molecule has 0 unspecified atom stereocenters. The Hall–Kier alpha value is -3.82. The van der Waals surface area contributed by atoms with Gasteiger partial charge in [-0.15, -0.1) is 0 Å². The van der Waals surface area contributed by atoms with Gasteiger partial charge in [0, 0.05) is 13.1 Å². The first kappa shape index (κ1) is 23.3. The van der Waals surface area contributed by atoms with Crippen molar-refractivity contribution in [2.24, 2.45) is 0 Å². The van der Waals surface area contributed by atoms with Gasteiger partial charge >= 0.3 is 11.9 Å². The Balaban J connectivity index is 1.49. The minimum atomic E-state index is -1.04. The van der Waals surface area contributed by atoms with Crippen molar-refractivity contribution in [1.82, 2.24) is 9.80 Å². The minimum absolute atomic E-state index is 0.238.